The van der Waals surface area contributed by atoms with Gasteiger partial charge in [0.2, 0.25) is 0 Å². The molecule has 0 bridgehead atoms. The molecule has 2 heterocycles. The van der Waals surface area contributed by atoms with Crippen LogP contribution < -0.4 is 10.1 Å². The van der Waals surface area contributed by atoms with E-state index in [4.69, 9.17) is 4.74 Å². The van der Waals surface area contributed by atoms with Crippen LogP contribution in [-0.2, 0) is 4.79 Å². The Hall–Kier alpha value is -3.53. The van der Waals surface area contributed by atoms with Crippen molar-refractivity contribution in [3.8, 4) is 5.75 Å². The van der Waals surface area contributed by atoms with Crippen molar-refractivity contribution in [2.75, 3.05) is 12.4 Å². The Morgan fingerprint density at radius 2 is 1.81 bits per heavy atom. The number of ether oxygens (including phenoxy) is 1. The molecule has 3 aromatic rings. The number of benzene rings is 2. The summed E-state index contributed by atoms with van der Waals surface area (Å²) in [5.74, 6) is 0.591. The molecule has 0 saturated heterocycles. The summed E-state index contributed by atoms with van der Waals surface area (Å²) < 4.78 is 5.33. The number of hydrogen-bond donors (Lipinski definition) is 2. The highest BCUT2D eigenvalue weighted by Crippen LogP contribution is 2.37. The fraction of sp³-hybridized carbons (Fsp3) is 0.0455. The third-order valence-corrected chi connectivity index (χ3v) is 4.36. The van der Waals surface area contributed by atoms with E-state index >= 15 is 0 Å². The number of H-pyrrole nitrogens is 1. The number of fused-ring (bicyclic) bond motifs is 1. The summed E-state index contributed by atoms with van der Waals surface area (Å²) in [7, 11) is 1.61. The minimum Gasteiger partial charge on any atom is -0.495 e. The fourth-order valence-corrected chi connectivity index (χ4v) is 3.11. The molecule has 0 radical (unpaired) electrons. The van der Waals surface area contributed by atoms with E-state index in [0.29, 0.717) is 11.3 Å². The summed E-state index contributed by atoms with van der Waals surface area (Å²) in [6.07, 6.45) is 7.71. The maximum absolute atomic E-state index is 12.5. The van der Waals surface area contributed by atoms with Crippen LogP contribution in [0.15, 0.2) is 60.8 Å². The molecule has 0 atom stereocenters. The lowest BCUT2D eigenvalue weighted by atomic mass is 9.98. The maximum Gasteiger partial charge on any atom is 0.256 e. The number of methoxy groups -OCH3 is 1. The minimum atomic E-state index is -0.114. The summed E-state index contributed by atoms with van der Waals surface area (Å²) in [6.45, 7) is 0. The number of amides is 1. The molecule has 1 aliphatic rings. The van der Waals surface area contributed by atoms with Crippen LogP contribution in [0.4, 0.5) is 5.69 Å². The lowest BCUT2D eigenvalue weighted by molar-refractivity contribution is -0.110. The van der Waals surface area contributed by atoms with E-state index in [0.717, 1.165) is 28.1 Å². The Morgan fingerprint density at radius 1 is 0.962 bits per heavy atom. The van der Waals surface area contributed by atoms with E-state index in [1.165, 1.54) is 0 Å². The highest BCUT2D eigenvalue weighted by Gasteiger charge is 2.26. The lowest BCUT2D eigenvalue weighted by Crippen LogP contribution is -2.03. The minimum absolute atomic E-state index is 0.114. The second-order valence-corrected chi connectivity index (χ2v) is 5.99. The van der Waals surface area contributed by atoms with E-state index in [1.54, 1.807) is 13.3 Å². The van der Waals surface area contributed by atoms with Gasteiger partial charge in [0.05, 0.1) is 18.4 Å². The third kappa shape index (κ3) is 2.93. The van der Waals surface area contributed by atoms with Gasteiger partial charge in [-0.25, -0.2) is 0 Å². The van der Waals surface area contributed by atoms with Crippen LogP contribution in [0.1, 0.15) is 22.4 Å². The van der Waals surface area contributed by atoms with Crippen LogP contribution >= 0.6 is 0 Å². The van der Waals surface area contributed by atoms with Crippen molar-refractivity contribution in [2.24, 2.45) is 0 Å². The topological polar surface area (TPSA) is 54.1 Å². The summed E-state index contributed by atoms with van der Waals surface area (Å²) in [5, 5.41) is 2.94. The number of aromatic nitrogens is 1. The number of nitrogens with one attached hydrogen (secondary N) is 2. The van der Waals surface area contributed by atoms with Crippen LogP contribution in [0.5, 0.6) is 5.75 Å². The second-order valence-electron chi connectivity index (χ2n) is 5.99. The van der Waals surface area contributed by atoms with Crippen LogP contribution in [-0.4, -0.2) is 18.0 Å². The van der Waals surface area contributed by atoms with Gasteiger partial charge in [0.25, 0.3) is 5.91 Å². The fourth-order valence-electron chi connectivity index (χ4n) is 3.11. The second kappa shape index (κ2) is 6.76. The van der Waals surface area contributed by atoms with Gasteiger partial charge in [-0.05, 0) is 29.3 Å². The van der Waals surface area contributed by atoms with E-state index in [1.807, 2.05) is 72.8 Å². The van der Waals surface area contributed by atoms with Gasteiger partial charge >= 0.3 is 0 Å². The predicted molar refractivity (Wildman–Crippen MR) is 106 cm³/mol. The van der Waals surface area contributed by atoms with E-state index in [9.17, 15) is 4.79 Å². The number of rotatable bonds is 4. The molecule has 0 spiro atoms. The first-order valence-electron chi connectivity index (χ1n) is 8.37. The highest BCUT2D eigenvalue weighted by molar-refractivity contribution is 6.35. The molecular weight excluding hydrogens is 324 g/mol. The molecule has 4 heteroatoms. The first-order valence-corrected chi connectivity index (χ1v) is 8.37. The van der Waals surface area contributed by atoms with Gasteiger partial charge < -0.3 is 15.0 Å². The van der Waals surface area contributed by atoms with Crippen molar-refractivity contribution in [2.45, 2.75) is 0 Å². The van der Waals surface area contributed by atoms with Gasteiger partial charge in [0.1, 0.15) is 5.75 Å². The van der Waals surface area contributed by atoms with Gasteiger partial charge in [-0.15, -0.1) is 0 Å². The Bertz CT molecular complexity index is 1010. The Kier molecular flexibility index (Phi) is 4.15. The van der Waals surface area contributed by atoms with Gasteiger partial charge in [-0.2, -0.15) is 0 Å². The van der Waals surface area contributed by atoms with Crippen molar-refractivity contribution in [3.05, 3.63) is 83.2 Å². The number of anilines is 1. The standard InChI is InChI=1S/C22H18N2O2/c1-26-20-12-13-23-19(20)14-17-21-16(8-5-9-18(21)24-22(17)25)11-10-15-6-3-2-4-7-15/h2-14,23H,1H3,(H,24,25). The molecule has 4 rings (SSSR count). The van der Waals surface area contributed by atoms with Crippen LogP contribution in [0.2, 0.25) is 0 Å². The van der Waals surface area contributed by atoms with Crippen molar-refractivity contribution in [3.63, 3.8) is 0 Å². The average Bonchev–Trinajstić information content (AvgIpc) is 3.25. The highest BCUT2D eigenvalue weighted by atomic mass is 16.5. The molecule has 2 N–H and O–H groups in total. The van der Waals surface area contributed by atoms with Crippen LogP contribution in [0, 0.1) is 0 Å². The molecule has 1 aromatic heterocycles. The van der Waals surface area contributed by atoms with Gasteiger partial charge in [0.15, 0.2) is 0 Å². The van der Waals surface area contributed by atoms with Crippen LogP contribution in [0.3, 0.4) is 0 Å². The molecule has 1 amide bonds. The Balaban J connectivity index is 1.78. The summed E-state index contributed by atoms with van der Waals surface area (Å²) >= 11 is 0. The molecule has 1 aliphatic heterocycles. The smallest absolute Gasteiger partial charge is 0.256 e. The summed E-state index contributed by atoms with van der Waals surface area (Å²) in [6, 6.07) is 17.8. The van der Waals surface area contributed by atoms with E-state index in [2.05, 4.69) is 10.3 Å². The van der Waals surface area contributed by atoms with Crippen LogP contribution in [0.25, 0.3) is 23.8 Å². The monoisotopic (exact) mass is 342 g/mol. The average molecular weight is 342 g/mol. The lowest BCUT2D eigenvalue weighted by Gasteiger charge is -2.05. The number of hydrogen-bond acceptors (Lipinski definition) is 2. The molecule has 26 heavy (non-hydrogen) atoms. The molecule has 0 aliphatic carbocycles. The number of carbonyl (C=O) groups excluding carboxylic acids is 1. The Morgan fingerprint density at radius 3 is 2.62 bits per heavy atom. The SMILES string of the molecule is COc1cc[nH]c1C=C1C(=O)Nc2cccc(C=Cc3ccccc3)c21. The molecule has 2 aromatic carbocycles. The van der Waals surface area contributed by atoms with Gasteiger partial charge in [-0.3, -0.25) is 4.79 Å². The molecule has 0 unspecified atom stereocenters. The molecule has 0 fully saturated rings. The van der Waals surface area contributed by atoms with Gasteiger partial charge in [-0.1, -0.05) is 54.6 Å². The van der Waals surface area contributed by atoms with Crippen molar-refractivity contribution >= 4 is 35.4 Å². The maximum atomic E-state index is 12.5. The number of aromatic amines is 1. The zero-order valence-electron chi connectivity index (χ0n) is 14.3. The predicted octanol–water partition coefficient (Wildman–Crippen LogP) is 4.69. The molecule has 0 saturated carbocycles. The first kappa shape index (κ1) is 16.0. The molecule has 4 nitrogen and oxygen atoms in total. The summed E-state index contributed by atoms with van der Waals surface area (Å²) in [4.78, 5) is 15.6. The van der Waals surface area contributed by atoms with Gasteiger partial charge in [0, 0.05) is 17.4 Å². The van der Waals surface area contributed by atoms with Crippen molar-refractivity contribution in [1.29, 1.82) is 0 Å². The first-order chi connectivity index (χ1) is 12.8. The van der Waals surface area contributed by atoms with E-state index in [-0.39, 0.29) is 5.91 Å². The quantitative estimate of drug-likeness (QED) is 0.534. The zero-order valence-corrected chi connectivity index (χ0v) is 14.3. The van der Waals surface area contributed by atoms with Crippen molar-refractivity contribution in [1.82, 2.24) is 4.98 Å². The van der Waals surface area contributed by atoms with E-state index < -0.39 is 0 Å². The molecule has 128 valence electrons. The summed E-state index contributed by atoms with van der Waals surface area (Å²) in [5.41, 5.74) is 5.21. The van der Waals surface area contributed by atoms with Crippen molar-refractivity contribution < 1.29 is 9.53 Å². The Labute approximate surface area is 151 Å². The normalized spacial score (nSPS) is 14.7. The third-order valence-electron chi connectivity index (χ3n) is 4.36. The largest absolute Gasteiger partial charge is 0.495 e. The zero-order chi connectivity index (χ0) is 17.9. The molecular formula is C22H18N2O2. The number of carbonyl (C=O) groups is 1.